The Hall–Kier alpha value is -2.92. The molecule has 1 aromatic carbocycles. The number of likely N-dealkylation sites (N-methyl/N-ethyl adjacent to an activating group) is 2. The Balaban J connectivity index is 1.68. The fourth-order valence-corrected chi connectivity index (χ4v) is 4.49. The van der Waals surface area contributed by atoms with Crippen molar-refractivity contribution in [3.8, 4) is 0 Å². The smallest absolute Gasteiger partial charge is 0.251 e. The van der Waals surface area contributed by atoms with Crippen LogP contribution in [-0.4, -0.2) is 65.4 Å². The minimum Gasteiger partial charge on any atom is -0.468 e. The third kappa shape index (κ3) is 6.32. The molecule has 2 heterocycles. The van der Waals surface area contributed by atoms with E-state index in [9.17, 15) is 13.2 Å². The van der Waals surface area contributed by atoms with Gasteiger partial charge in [-0.25, -0.2) is 13.1 Å². The van der Waals surface area contributed by atoms with E-state index in [0.29, 0.717) is 12.3 Å². The maximum Gasteiger partial charge on any atom is 0.251 e. The third-order valence-corrected chi connectivity index (χ3v) is 6.74. The van der Waals surface area contributed by atoms with Gasteiger partial charge in [-0.15, -0.1) is 0 Å². The highest BCUT2D eigenvalue weighted by atomic mass is 32.2. The molecule has 0 radical (unpaired) electrons. The molecule has 2 atom stereocenters. The fraction of sp³-hybridized carbons (Fsp3) is 0.348. The van der Waals surface area contributed by atoms with Crippen LogP contribution in [-0.2, 0) is 10.0 Å². The first-order valence-corrected chi connectivity index (χ1v) is 11.9. The molecule has 9 nitrogen and oxygen atoms in total. The molecule has 0 spiro atoms. The van der Waals surface area contributed by atoms with Gasteiger partial charge in [0.1, 0.15) is 11.5 Å². The van der Waals surface area contributed by atoms with E-state index in [1.165, 1.54) is 12.1 Å². The summed E-state index contributed by atoms with van der Waals surface area (Å²) in [6.45, 7) is 0.426. The van der Waals surface area contributed by atoms with Crippen molar-refractivity contribution >= 4 is 15.9 Å². The molecule has 1 amide bonds. The first-order valence-electron chi connectivity index (χ1n) is 10.5. The Labute approximate surface area is 194 Å². The van der Waals surface area contributed by atoms with Crippen LogP contribution in [0, 0.1) is 0 Å². The van der Waals surface area contributed by atoms with Crippen molar-refractivity contribution in [1.29, 1.82) is 0 Å². The van der Waals surface area contributed by atoms with Crippen LogP contribution in [0.25, 0.3) is 0 Å². The lowest BCUT2D eigenvalue weighted by atomic mass is 10.2. The van der Waals surface area contributed by atoms with Crippen LogP contribution < -0.4 is 10.0 Å². The van der Waals surface area contributed by atoms with Crippen molar-refractivity contribution in [3.63, 3.8) is 0 Å². The second-order valence-corrected chi connectivity index (χ2v) is 9.85. The molecule has 0 saturated heterocycles. The van der Waals surface area contributed by atoms with Crippen LogP contribution >= 0.6 is 0 Å². The highest BCUT2D eigenvalue weighted by Crippen LogP contribution is 2.20. The van der Waals surface area contributed by atoms with Crippen LogP contribution in [0.4, 0.5) is 0 Å². The maximum absolute atomic E-state index is 12.9. The predicted octanol–water partition coefficient (Wildman–Crippen LogP) is 2.49. The highest BCUT2D eigenvalue weighted by Gasteiger charge is 2.23. The van der Waals surface area contributed by atoms with Crippen molar-refractivity contribution in [2.75, 3.05) is 41.3 Å². The lowest BCUT2D eigenvalue weighted by molar-refractivity contribution is 0.0939. The molecule has 33 heavy (non-hydrogen) atoms. The van der Waals surface area contributed by atoms with Gasteiger partial charge in [0.25, 0.3) is 5.91 Å². The van der Waals surface area contributed by atoms with Gasteiger partial charge < -0.3 is 14.2 Å². The Morgan fingerprint density at radius 1 is 0.879 bits per heavy atom. The average Bonchev–Trinajstić information content (AvgIpc) is 3.48. The van der Waals surface area contributed by atoms with Crippen molar-refractivity contribution in [2.45, 2.75) is 17.0 Å². The number of nitrogens with zero attached hydrogens (tertiary/aromatic N) is 2. The monoisotopic (exact) mass is 474 g/mol. The molecule has 3 rings (SSSR count). The molecule has 0 saturated carbocycles. The summed E-state index contributed by atoms with van der Waals surface area (Å²) in [6.07, 6.45) is 3.14. The van der Waals surface area contributed by atoms with Crippen LogP contribution in [0.3, 0.4) is 0 Å². The van der Waals surface area contributed by atoms with E-state index in [2.05, 4.69) is 10.0 Å². The summed E-state index contributed by atoms with van der Waals surface area (Å²) in [5.41, 5.74) is 0.255. The summed E-state index contributed by atoms with van der Waals surface area (Å²) in [7, 11) is 3.63. The summed E-state index contributed by atoms with van der Waals surface area (Å²) in [6, 6.07) is 12.7. The van der Waals surface area contributed by atoms with Gasteiger partial charge in [0.15, 0.2) is 0 Å². The van der Waals surface area contributed by atoms with E-state index < -0.39 is 10.0 Å². The summed E-state index contributed by atoms with van der Waals surface area (Å²) in [5.74, 6) is 1.02. The number of carbonyl (C=O) groups is 1. The van der Waals surface area contributed by atoms with Crippen molar-refractivity contribution < 1.29 is 22.0 Å². The topological polar surface area (TPSA) is 108 Å². The number of carbonyl (C=O) groups excluding carboxylic acids is 1. The second-order valence-electron chi connectivity index (χ2n) is 8.08. The lowest BCUT2D eigenvalue weighted by Crippen LogP contribution is -2.35. The van der Waals surface area contributed by atoms with E-state index in [4.69, 9.17) is 8.83 Å². The van der Waals surface area contributed by atoms with Crippen LogP contribution in [0.2, 0.25) is 0 Å². The SMILES string of the molecule is CN(C)[C@H](CNC(=O)c1cccc(S(=O)(=O)NC[C@H](c2ccco2)N(C)C)c1)c1ccco1. The largest absolute Gasteiger partial charge is 0.468 e. The number of amides is 1. The number of furan rings is 2. The standard InChI is InChI=1S/C23H30N4O5S/c1-26(2)19(21-10-6-12-31-21)15-24-23(28)17-8-5-9-18(14-17)33(29,30)25-16-20(27(3)4)22-11-7-13-32-22/h5-14,19-20,25H,15-16H2,1-4H3,(H,24,28)/t19-,20-/m1/s1. The minimum atomic E-state index is -3.84. The molecule has 2 aromatic heterocycles. The van der Waals surface area contributed by atoms with Gasteiger partial charge in [0.2, 0.25) is 10.0 Å². The molecule has 0 fully saturated rings. The Kier molecular flexibility index (Phi) is 8.09. The molecule has 10 heteroatoms. The van der Waals surface area contributed by atoms with Crippen molar-refractivity contribution in [2.24, 2.45) is 0 Å². The summed E-state index contributed by atoms with van der Waals surface area (Å²) < 4.78 is 39.3. The predicted molar refractivity (Wildman–Crippen MR) is 124 cm³/mol. The van der Waals surface area contributed by atoms with Gasteiger partial charge in [-0.3, -0.25) is 14.6 Å². The van der Waals surface area contributed by atoms with Gasteiger partial charge >= 0.3 is 0 Å². The normalized spacial score (nSPS) is 13.9. The van der Waals surface area contributed by atoms with E-state index in [0.717, 1.165) is 5.76 Å². The second kappa shape index (κ2) is 10.8. The summed E-state index contributed by atoms with van der Waals surface area (Å²) in [5, 5.41) is 2.86. The minimum absolute atomic E-state index is 0.0160. The number of rotatable bonds is 11. The van der Waals surface area contributed by atoms with Gasteiger partial charge in [-0.05, 0) is 70.7 Å². The zero-order chi connectivity index (χ0) is 24.0. The lowest BCUT2D eigenvalue weighted by Gasteiger charge is -2.23. The molecule has 2 N–H and O–H groups in total. The Bertz CT molecular complexity index is 1130. The molecule has 0 aliphatic rings. The van der Waals surface area contributed by atoms with E-state index >= 15 is 0 Å². The summed E-state index contributed by atoms with van der Waals surface area (Å²) >= 11 is 0. The van der Waals surface area contributed by atoms with Crippen molar-refractivity contribution in [1.82, 2.24) is 19.8 Å². The zero-order valence-corrected chi connectivity index (χ0v) is 20.0. The number of hydrogen-bond acceptors (Lipinski definition) is 7. The molecule has 0 aliphatic heterocycles. The van der Waals surface area contributed by atoms with Crippen LogP contribution in [0.1, 0.15) is 34.0 Å². The number of benzene rings is 1. The Morgan fingerprint density at radius 2 is 1.45 bits per heavy atom. The number of nitrogens with one attached hydrogen (secondary N) is 2. The van der Waals surface area contributed by atoms with E-state index in [1.54, 1.807) is 42.9 Å². The van der Waals surface area contributed by atoms with Gasteiger partial charge in [-0.1, -0.05) is 6.07 Å². The van der Waals surface area contributed by atoms with E-state index in [-0.39, 0.29) is 35.0 Å². The molecule has 178 valence electrons. The average molecular weight is 475 g/mol. The maximum atomic E-state index is 12.9. The zero-order valence-electron chi connectivity index (χ0n) is 19.2. The van der Waals surface area contributed by atoms with Gasteiger partial charge in [0.05, 0.1) is 29.5 Å². The molecule has 0 bridgehead atoms. The Morgan fingerprint density at radius 3 is 1.97 bits per heavy atom. The number of sulfonamides is 1. The van der Waals surface area contributed by atoms with E-state index in [1.807, 2.05) is 44.1 Å². The molecular weight excluding hydrogens is 444 g/mol. The summed E-state index contributed by atoms with van der Waals surface area (Å²) in [4.78, 5) is 16.6. The molecule has 0 unspecified atom stereocenters. The molecule has 0 aliphatic carbocycles. The van der Waals surface area contributed by atoms with Gasteiger partial charge in [-0.2, -0.15) is 0 Å². The fourth-order valence-electron chi connectivity index (χ4n) is 3.40. The van der Waals surface area contributed by atoms with Crippen molar-refractivity contribution in [3.05, 3.63) is 78.1 Å². The highest BCUT2D eigenvalue weighted by molar-refractivity contribution is 7.89. The van der Waals surface area contributed by atoms with Gasteiger partial charge in [0, 0.05) is 18.7 Å². The van der Waals surface area contributed by atoms with Crippen LogP contribution in [0.15, 0.2) is 74.8 Å². The van der Waals surface area contributed by atoms with Crippen LogP contribution in [0.5, 0.6) is 0 Å². The first kappa shape index (κ1) is 24.7. The third-order valence-electron chi connectivity index (χ3n) is 5.32. The molecule has 3 aromatic rings. The quantitative estimate of drug-likeness (QED) is 0.440. The first-order chi connectivity index (χ1) is 15.7. The number of hydrogen-bond donors (Lipinski definition) is 2. The molecular formula is C23H30N4O5S.